The number of hydrogen-bond acceptors (Lipinski definition) is 18. The van der Waals surface area contributed by atoms with Gasteiger partial charge in [0.25, 0.3) is 0 Å². The second kappa shape index (κ2) is 26.3. The number of halogens is 3. The molecule has 25 nitrogen and oxygen atoms in total. The summed E-state index contributed by atoms with van der Waals surface area (Å²) in [7, 11) is 0. The third kappa shape index (κ3) is 21.1. The van der Waals surface area contributed by atoms with Gasteiger partial charge < -0.3 is 62.9 Å². The van der Waals surface area contributed by atoms with Crippen molar-refractivity contribution in [1.82, 2.24) is 41.2 Å². The molecule has 30 heteroatoms. The zero-order valence-corrected chi connectivity index (χ0v) is 34.7. The Morgan fingerprint density at radius 3 is 1.66 bits per heavy atom. The van der Waals surface area contributed by atoms with E-state index < -0.39 is 162 Å². The lowest BCUT2D eigenvalue weighted by Gasteiger charge is -2.23. The second-order valence-corrected chi connectivity index (χ2v) is 15.6. The van der Waals surface area contributed by atoms with E-state index in [4.69, 9.17) is 31.9 Å². The fourth-order valence-corrected chi connectivity index (χ4v) is 7.46. The van der Waals surface area contributed by atoms with Crippen LogP contribution in [0.25, 0.3) is 0 Å². The van der Waals surface area contributed by atoms with E-state index in [1.165, 1.54) is 6.07 Å². The summed E-state index contributed by atoms with van der Waals surface area (Å²) in [6.45, 7) is -1.79. The molecule has 0 aliphatic heterocycles. The third-order valence-electron chi connectivity index (χ3n) is 8.09. The number of nitrogens with two attached hydrogens (primary N) is 2. The third-order valence-corrected chi connectivity index (χ3v) is 10.7. The van der Waals surface area contributed by atoms with Crippen molar-refractivity contribution in [2.24, 2.45) is 11.5 Å². The number of ether oxygens (including phenoxy) is 1. The van der Waals surface area contributed by atoms with Crippen LogP contribution in [0.1, 0.15) is 60.5 Å². The number of Topliss-reactive ketones (excluding diaryl/α,β-unsaturated/α-hetero) is 1. The first-order valence-corrected chi connectivity index (χ1v) is 20.5. The van der Waals surface area contributed by atoms with Gasteiger partial charge in [-0.3, -0.25) is 43.2 Å². The molecule has 0 aliphatic rings. The van der Waals surface area contributed by atoms with Gasteiger partial charge in [-0.05, 0) is 18.9 Å². The van der Waals surface area contributed by atoms with Gasteiger partial charge in [0.2, 0.25) is 29.5 Å². The molecule has 6 atom stereocenters. The molecule has 2 unspecified atom stereocenters. The van der Waals surface area contributed by atoms with Gasteiger partial charge in [0.05, 0.1) is 10.5 Å². The van der Waals surface area contributed by atoms with Crippen LogP contribution in [0.4, 0.5) is 13.2 Å². The van der Waals surface area contributed by atoms with Crippen molar-refractivity contribution >= 4 is 76.8 Å². The minimum atomic E-state index is -5.22. The molecule has 4 amide bonds. The number of aromatic amines is 1. The Bertz CT molecular complexity index is 2070. The van der Waals surface area contributed by atoms with Crippen LogP contribution in [-0.2, 0) is 43.2 Å². The molecule has 64 heavy (non-hydrogen) atoms. The molecule has 13 N–H and O–H groups in total. The minimum Gasteiger partial charge on any atom is -0.480 e. The molecule has 0 saturated heterocycles. The highest BCUT2D eigenvalue weighted by atomic mass is 32.2. The van der Waals surface area contributed by atoms with Crippen molar-refractivity contribution in [3.05, 3.63) is 46.5 Å². The molecule has 0 aliphatic carbocycles. The summed E-state index contributed by atoms with van der Waals surface area (Å²) < 4.78 is 43.3. The van der Waals surface area contributed by atoms with Gasteiger partial charge >= 0.3 is 35.9 Å². The van der Waals surface area contributed by atoms with Gasteiger partial charge in [-0.2, -0.15) is 4.98 Å². The highest BCUT2D eigenvalue weighted by Gasteiger charge is 2.34. The number of thioether (sulfide) groups is 2. The molecule has 0 fully saturated rings. The predicted molar refractivity (Wildman–Crippen MR) is 213 cm³/mol. The zero-order valence-electron chi connectivity index (χ0n) is 33.1. The normalized spacial score (nSPS) is 14.0. The minimum absolute atomic E-state index is 0.0447. The van der Waals surface area contributed by atoms with E-state index in [-0.39, 0.29) is 18.5 Å². The van der Waals surface area contributed by atoms with Gasteiger partial charge in [0.1, 0.15) is 48.9 Å². The number of amides is 4. The Morgan fingerprint density at radius 1 is 0.734 bits per heavy atom. The highest BCUT2D eigenvalue weighted by molar-refractivity contribution is 7.99. The number of alkyl halides is 3. The van der Waals surface area contributed by atoms with Gasteiger partial charge in [-0.15, -0.1) is 36.7 Å². The smallest absolute Gasteiger partial charge is 0.480 e. The van der Waals surface area contributed by atoms with Crippen LogP contribution in [-0.4, -0.2) is 149 Å². The number of nitrogens with one attached hydrogen (secondary N) is 5. The second-order valence-electron chi connectivity index (χ2n) is 13.2. The number of carboxylic acid groups (broad SMARTS) is 4. The number of carbonyl (C=O) groups excluding carboxylic acids is 5. The fourth-order valence-electron chi connectivity index (χ4n) is 4.95. The summed E-state index contributed by atoms with van der Waals surface area (Å²) in [6.07, 6.45) is -6.18. The van der Waals surface area contributed by atoms with E-state index in [2.05, 4.69) is 45.9 Å². The molecular formula is C34H43F3N10O15S2. The molecule has 2 aromatic heterocycles. The summed E-state index contributed by atoms with van der Waals surface area (Å²) in [6, 6.07) is -3.97. The van der Waals surface area contributed by atoms with E-state index in [1.54, 1.807) is 0 Å². The Balaban J connectivity index is 2.48. The lowest BCUT2D eigenvalue weighted by molar-refractivity contribution is -0.276. The zero-order chi connectivity index (χ0) is 48.1. The standard InChI is InChI=1S/C34H43F3N10O15S2/c35-34(36,37)62-25-6-8-40-28(47-25)22(64-14-20(30(56)43-12-27(53)54)45-24(50)4-2-17(39)32(59)60)10-15(48)9-21(18-5-7-41-33(61)46-18)63-13-19(29(55)42-11-26(51)52)44-23(49)3-1-16(38)31(57)58/h5-8,16-17,19-22H,1-4,9-14,38-39H2,(H,42,55)(H,43,56)(H,44,49)(H,45,50)(H,51,52)(H,53,54)(H,57,58)(H,59,60)(H,41,46,61)/t16-,17+,19-,20-,21?,22?/m0/s1. The predicted octanol–water partition coefficient (Wildman–Crippen LogP) is -2.19. The average molecular weight is 953 g/mol. The number of nitrogens with zero attached hydrogens (tertiary/aromatic N) is 3. The van der Waals surface area contributed by atoms with Crippen molar-refractivity contribution in [3.8, 4) is 5.88 Å². The van der Waals surface area contributed by atoms with Crippen molar-refractivity contribution in [3.63, 3.8) is 0 Å². The molecule has 2 heterocycles. The van der Waals surface area contributed by atoms with Gasteiger partial charge in [0, 0.05) is 61.3 Å². The number of carbonyl (C=O) groups is 9. The molecule has 352 valence electrons. The molecule has 0 radical (unpaired) electrons. The van der Waals surface area contributed by atoms with Crippen molar-refractivity contribution in [2.45, 2.75) is 79.6 Å². The van der Waals surface area contributed by atoms with Crippen LogP contribution >= 0.6 is 23.5 Å². The SMILES string of the molecule is N[C@H](CCC(=O)N[C@@H](CSC(CC(=O)CC(SC[C@H](NC(=O)CC[C@H](N)C(=O)O)C(=O)NCC(=O)O)c1ccnc(=O)[nH]1)c1nccc(OC(F)(F)F)n1)C(=O)NCC(=O)O)C(=O)O. The fraction of sp³-hybridized carbons (Fsp3) is 0.500. The largest absolute Gasteiger partial charge is 0.574 e. The molecule has 0 spiro atoms. The highest BCUT2D eigenvalue weighted by Crippen LogP contribution is 2.36. The van der Waals surface area contributed by atoms with Crippen LogP contribution in [0.3, 0.4) is 0 Å². The number of rotatable bonds is 29. The number of aromatic nitrogens is 4. The number of hydrogen-bond donors (Lipinski definition) is 11. The molecule has 2 rings (SSSR count). The Hall–Kier alpha value is -6.40. The van der Waals surface area contributed by atoms with Crippen molar-refractivity contribution in [2.75, 3.05) is 24.6 Å². The first-order chi connectivity index (χ1) is 29.9. The molecule has 2 aromatic rings. The average Bonchev–Trinajstić information content (AvgIpc) is 3.21. The molecule has 0 aromatic carbocycles. The van der Waals surface area contributed by atoms with E-state index in [9.17, 15) is 61.1 Å². The lowest BCUT2D eigenvalue weighted by Crippen LogP contribution is -2.49. The first-order valence-electron chi connectivity index (χ1n) is 18.4. The van der Waals surface area contributed by atoms with Crippen molar-refractivity contribution in [1.29, 1.82) is 0 Å². The van der Waals surface area contributed by atoms with Gasteiger partial charge in [-0.25, -0.2) is 14.8 Å². The van der Waals surface area contributed by atoms with Gasteiger partial charge in [-0.1, -0.05) is 0 Å². The van der Waals surface area contributed by atoms with E-state index in [0.717, 1.165) is 30.2 Å². The number of carboxylic acids is 4. The van der Waals surface area contributed by atoms with E-state index in [1.807, 2.05) is 0 Å². The Kier molecular flexibility index (Phi) is 22.1. The van der Waals surface area contributed by atoms with Crippen molar-refractivity contribution < 1.29 is 81.5 Å². The maximum absolute atomic E-state index is 13.9. The van der Waals surface area contributed by atoms with Crippen LogP contribution in [0.5, 0.6) is 5.88 Å². The van der Waals surface area contributed by atoms with E-state index >= 15 is 0 Å². The van der Waals surface area contributed by atoms with Crippen LogP contribution in [0, 0.1) is 0 Å². The van der Waals surface area contributed by atoms with Gasteiger partial charge in [0.15, 0.2) is 0 Å². The maximum Gasteiger partial charge on any atom is 0.574 e. The number of ketones is 1. The number of aliphatic carboxylic acids is 4. The summed E-state index contributed by atoms with van der Waals surface area (Å²) in [4.78, 5) is 136. The lowest BCUT2D eigenvalue weighted by atomic mass is 10.1. The topological polar surface area (TPSA) is 415 Å². The summed E-state index contributed by atoms with van der Waals surface area (Å²) >= 11 is 1.44. The molecule has 0 saturated carbocycles. The maximum atomic E-state index is 13.9. The van der Waals surface area contributed by atoms with Crippen LogP contribution in [0.15, 0.2) is 29.3 Å². The first kappa shape index (κ1) is 53.7. The summed E-state index contributed by atoms with van der Waals surface area (Å²) in [5, 5.41) is 42.5. The van der Waals surface area contributed by atoms with Crippen LogP contribution < -0.4 is 43.2 Å². The van der Waals surface area contributed by atoms with Crippen LogP contribution in [0.2, 0.25) is 0 Å². The Labute approximate surface area is 366 Å². The Morgan fingerprint density at radius 2 is 1.20 bits per heavy atom. The molecular weight excluding hydrogens is 910 g/mol. The number of H-pyrrole nitrogens is 1. The summed E-state index contributed by atoms with van der Waals surface area (Å²) in [5.41, 5.74) is 10.1. The monoisotopic (exact) mass is 952 g/mol. The quantitative estimate of drug-likeness (QED) is 0.0413. The summed E-state index contributed by atoms with van der Waals surface area (Å²) in [5.74, 6) is -12.7. The molecule has 0 bridgehead atoms. The van der Waals surface area contributed by atoms with E-state index in [0.29, 0.717) is 11.8 Å².